The molecule has 0 radical (unpaired) electrons. The molecule has 1 N–H and O–H groups in total. The van der Waals surface area contributed by atoms with Gasteiger partial charge in [-0.25, -0.2) is 9.69 Å². The molecule has 1 aliphatic rings. The Morgan fingerprint density at radius 1 is 1.31 bits per heavy atom. The van der Waals surface area contributed by atoms with Gasteiger partial charge in [-0.3, -0.25) is 19.7 Å². The van der Waals surface area contributed by atoms with Crippen LogP contribution in [0.25, 0.3) is 0 Å². The largest absolute Gasteiger partial charge is 0.494 e. The van der Waals surface area contributed by atoms with Crippen molar-refractivity contribution in [3.05, 3.63) is 58.1 Å². The summed E-state index contributed by atoms with van der Waals surface area (Å²) >= 11 is 0.955. The van der Waals surface area contributed by atoms with Gasteiger partial charge in [0.1, 0.15) is 11.4 Å². The van der Waals surface area contributed by atoms with Crippen LogP contribution in [0.4, 0.5) is 11.4 Å². The molecule has 1 saturated heterocycles. The molecule has 0 aromatic heterocycles. The number of nitro groups is 1. The topological polar surface area (TPSA) is 127 Å². The van der Waals surface area contributed by atoms with Crippen LogP contribution < -0.4 is 9.64 Å². The number of carbonyl (C=O) groups excluding carboxylic acids is 2. The number of imide groups is 1. The van der Waals surface area contributed by atoms with Crippen molar-refractivity contribution < 1.29 is 29.2 Å². The van der Waals surface area contributed by atoms with E-state index >= 15 is 0 Å². The predicted molar refractivity (Wildman–Crippen MR) is 104 cm³/mol. The highest BCUT2D eigenvalue weighted by Gasteiger charge is 2.43. The molecule has 0 saturated carbocycles. The fourth-order valence-corrected chi connectivity index (χ4v) is 4.12. The number of hydrogen-bond acceptors (Lipinski definition) is 7. The van der Waals surface area contributed by atoms with Crippen LogP contribution >= 0.6 is 11.8 Å². The van der Waals surface area contributed by atoms with Gasteiger partial charge in [0.25, 0.3) is 5.69 Å². The van der Waals surface area contributed by atoms with E-state index in [1.807, 2.05) is 0 Å². The van der Waals surface area contributed by atoms with Crippen LogP contribution in [0, 0.1) is 10.1 Å². The maximum atomic E-state index is 12.9. The zero-order valence-electron chi connectivity index (χ0n) is 15.2. The van der Waals surface area contributed by atoms with Gasteiger partial charge in [0.15, 0.2) is 0 Å². The predicted octanol–water partition coefficient (Wildman–Crippen LogP) is 3.12. The molecule has 1 fully saturated rings. The van der Waals surface area contributed by atoms with Crippen LogP contribution in [0.15, 0.2) is 47.4 Å². The van der Waals surface area contributed by atoms with Crippen molar-refractivity contribution in [2.24, 2.45) is 0 Å². The molecule has 0 unspecified atom stereocenters. The van der Waals surface area contributed by atoms with E-state index in [4.69, 9.17) is 4.74 Å². The molecule has 0 bridgehead atoms. The quantitative estimate of drug-likeness (QED) is 0.414. The highest BCUT2D eigenvalue weighted by atomic mass is 32.2. The Bertz CT molecular complexity index is 1010. The van der Waals surface area contributed by atoms with Crippen molar-refractivity contribution in [1.29, 1.82) is 0 Å². The molecule has 0 spiro atoms. The summed E-state index contributed by atoms with van der Waals surface area (Å²) in [5.74, 6) is -2.12. The Kier molecular flexibility index (Phi) is 5.83. The number of carboxylic acid groups (broad SMARTS) is 1. The van der Waals surface area contributed by atoms with Crippen LogP contribution in [0.2, 0.25) is 0 Å². The molecule has 2 aromatic carbocycles. The minimum absolute atomic E-state index is 0.0169. The van der Waals surface area contributed by atoms with Gasteiger partial charge in [-0.05, 0) is 31.2 Å². The van der Waals surface area contributed by atoms with Gasteiger partial charge in [0, 0.05) is 11.3 Å². The van der Waals surface area contributed by atoms with Crippen LogP contribution in [-0.4, -0.2) is 39.7 Å². The summed E-state index contributed by atoms with van der Waals surface area (Å²) in [5, 5.41) is 19.9. The first kappa shape index (κ1) is 20.3. The average Bonchev–Trinajstić information content (AvgIpc) is 2.95. The lowest BCUT2D eigenvalue weighted by Crippen LogP contribution is -2.31. The first-order valence-corrected chi connectivity index (χ1v) is 9.48. The van der Waals surface area contributed by atoms with Crippen molar-refractivity contribution in [3.63, 3.8) is 0 Å². The molecule has 1 atom stereocenters. The van der Waals surface area contributed by atoms with Gasteiger partial charge in [0.2, 0.25) is 11.8 Å². The molecule has 1 heterocycles. The van der Waals surface area contributed by atoms with E-state index in [9.17, 15) is 29.6 Å². The Balaban J connectivity index is 1.92. The Labute approximate surface area is 169 Å². The van der Waals surface area contributed by atoms with E-state index < -0.39 is 33.6 Å². The van der Waals surface area contributed by atoms with Crippen LogP contribution in [0.3, 0.4) is 0 Å². The third-order valence-electron chi connectivity index (χ3n) is 4.19. The number of ether oxygens (including phenoxy) is 1. The van der Waals surface area contributed by atoms with E-state index in [1.54, 1.807) is 25.1 Å². The summed E-state index contributed by atoms with van der Waals surface area (Å²) < 4.78 is 5.25. The van der Waals surface area contributed by atoms with E-state index in [0.717, 1.165) is 16.7 Å². The molecule has 0 aliphatic carbocycles. The number of thioether (sulfide) groups is 1. The number of rotatable bonds is 7. The van der Waals surface area contributed by atoms with E-state index in [1.165, 1.54) is 24.3 Å². The molecule has 9 nitrogen and oxygen atoms in total. The van der Waals surface area contributed by atoms with E-state index in [2.05, 4.69) is 0 Å². The maximum Gasteiger partial charge on any atom is 0.336 e. The smallest absolute Gasteiger partial charge is 0.336 e. The van der Waals surface area contributed by atoms with Gasteiger partial charge in [0.05, 0.1) is 28.4 Å². The summed E-state index contributed by atoms with van der Waals surface area (Å²) in [6, 6.07) is 10.1. The monoisotopic (exact) mass is 416 g/mol. The molecule has 150 valence electrons. The normalized spacial score (nSPS) is 16.2. The van der Waals surface area contributed by atoms with Crippen molar-refractivity contribution in [2.75, 3.05) is 11.5 Å². The zero-order valence-corrected chi connectivity index (χ0v) is 16.0. The second-order valence-corrected chi connectivity index (χ2v) is 7.26. The third-order valence-corrected chi connectivity index (χ3v) is 5.45. The second kappa shape index (κ2) is 8.31. The number of anilines is 1. The van der Waals surface area contributed by atoms with Gasteiger partial charge in [-0.2, -0.15) is 0 Å². The second-order valence-electron chi connectivity index (χ2n) is 6.02. The van der Waals surface area contributed by atoms with Crippen LogP contribution in [-0.2, 0) is 9.59 Å². The molecule has 1 aliphatic heterocycles. The molecule has 2 aromatic rings. The van der Waals surface area contributed by atoms with E-state index in [0.29, 0.717) is 11.5 Å². The fourth-order valence-electron chi connectivity index (χ4n) is 2.94. The van der Waals surface area contributed by atoms with Gasteiger partial charge in [-0.1, -0.05) is 12.1 Å². The van der Waals surface area contributed by atoms with Crippen LogP contribution in [0.1, 0.15) is 23.7 Å². The van der Waals surface area contributed by atoms with Gasteiger partial charge in [-0.15, -0.1) is 11.8 Å². The van der Waals surface area contributed by atoms with E-state index in [-0.39, 0.29) is 23.4 Å². The average molecular weight is 416 g/mol. The molecule has 29 heavy (non-hydrogen) atoms. The lowest BCUT2D eigenvalue weighted by atomic mass is 10.2. The Hall–Kier alpha value is -3.40. The zero-order chi connectivity index (χ0) is 21.1. The lowest BCUT2D eigenvalue weighted by molar-refractivity contribution is -0.384. The number of carboxylic acids is 1. The minimum atomic E-state index is -1.15. The van der Waals surface area contributed by atoms with Crippen molar-refractivity contribution in [2.45, 2.75) is 23.5 Å². The maximum absolute atomic E-state index is 12.9. The van der Waals surface area contributed by atoms with Crippen molar-refractivity contribution in [1.82, 2.24) is 0 Å². The summed E-state index contributed by atoms with van der Waals surface area (Å²) in [5.41, 5.74) is -0.541. The third kappa shape index (κ3) is 4.06. The molecule has 3 rings (SSSR count). The summed E-state index contributed by atoms with van der Waals surface area (Å²) in [7, 11) is 0. The number of aromatic carboxylic acids is 1. The number of amides is 2. The fraction of sp³-hybridized carbons (Fsp3) is 0.211. The van der Waals surface area contributed by atoms with Crippen LogP contribution in [0.5, 0.6) is 5.75 Å². The van der Waals surface area contributed by atoms with Crippen molar-refractivity contribution >= 4 is 40.9 Å². The lowest BCUT2D eigenvalue weighted by Gasteiger charge is -2.16. The molecule has 2 amide bonds. The summed E-state index contributed by atoms with van der Waals surface area (Å²) in [6.45, 7) is 2.03. The number of carbonyl (C=O) groups is 3. The number of benzene rings is 2. The van der Waals surface area contributed by atoms with Gasteiger partial charge >= 0.3 is 5.97 Å². The highest BCUT2D eigenvalue weighted by Crippen LogP contribution is 2.39. The Morgan fingerprint density at radius 2 is 2.03 bits per heavy atom. The number of hydrogen-bond donors (Lipinski definition) is 1. The summed E-state index contributed by atoms with van der Waals surface area (Å²) in [6.07, 6.45) is -0.193. The molecule has 10 heteroatoms. The Morgan fingerprint density at radius 3 is 2.69 bits per heavy atom. The number of nitrogens with zero attached hydrogens (tertiary/aromatic N) is 2. The SMILES string of the molecule is CCOc1ccc(N2C(=O)C[C@@H](Sc3ccccc3C(=O)O)C2=O)c([N+](=O)[O-])c1. The first-order chi connectivity index (χ1) is 13.8. The standard InChI is InChI=1S/C19H16N2O7S/c1-2-28-11-7-8-13(14(9-11)21(26)27)20-17(22)10-16(18(20)23)29-15-6-4-3-5-12(15)19(24)25/h3-9,16H,2,10H2,1H3,(H,24,25)/t16-/m1/s1. The molecular formula is C19H16N2O7S. The molecular weight excluding hydrogens is 400 g/mol. The highest BCUT2D eigenvalue weighted by molar-refractivity contribution is 8.00. The number of nitro benzene ring substituents is 1. The van der Waals surface area contributed by atoms with Gasteiger partial charge < -0.3 is 9.84 Å². The van der Waals surface area contributed by atoms with Crippen molar-refractivity contribution in [3.8, 4) is 5.75 Å². The minimum Gasteiger partial charge on any atom is -0.494 e. The summed E-state index contributed by atoms with van der Waals surface area (Å²) in [4.78, 5) is 48.7. The first-order valence-electron chi connectivity index (χ1n) is 8.60.